The summed E-state index contributed by atoms with van der Waals surface area (Å²) in [6.07, 6.45) is 6.77. The molecular weight excluding hydrogens is 218 g/mol. The molecule has 1 aromatic heterocycles. The van der Waals surface area contributed by atoms with E-state index in [0.29, 0.717) is 6.42 Å². The topological polar surface area (TPSA) is 68.0 Å². The van der Waals surface area contributed by atoms with Gasteiger partial charge in [0.1, 0.15) is 12.2 Å². The number of aliphatic carboxylic acids is 1. The van der Waals surface area contributed by atoms with Crippen molar-refractivity contribution in [1.29, 1.82) is 0 Å². The fraction of sp³-hybridized carbons (Fsp3) is 0.750. The lowest BCUT2D eigenvalue weighted by atomic mass is 9.82. The van der Waals surface area contributed by atoms with Gasteiger partial charge in [-0.1, -0.05) is 19.8 Å². The second-order valence-corrected chi connectivity index (χ2v) is 4.91. The van der Waals surface area contributed by atoms with Crippen LogP contribution >= 0.6 is 0 Å². The SMILES string of the molecule is CCCn1cnnc1CC1(C(=O)O)CCCC1. The van der Waals surface area contributed by atoms with Gasteiger partial charge >= 0.3 is 5.97 Å². The van der Waals surface area contributed by atoms with Crippen LogP contribution in [0.15, 0.2) is 6.33 Å². The first-order valence-corrected chi connectivity index (χ1v) is 6.28. The van der Waals surface area contributed by atoms with Crippen molar-refractivity contribution < 1.29 is 9.90 Å². The summed E-state index contributed by atoms with van der Waals surface area (Å²) in [5, 5.41) is 17.4. The number of aryl methyl sites for hydroxylation is 1. The Hall–Kier alpha value is -1.39. The van der Waals surface area contributed by atoms with Gasteiger partial charge in [-0.3, -0.25) is 4.79 Å². The van der Waals surface area contributed by atoms with Gasteiger partial charge in [-0.05, 0) is 19.3 Å². The highest BCUT2D eigenvalue weighted by atomic mass is 16.4. The third kappa shape index (κ3) is 2.33. The number of rotatable bonds is 5. The maximum atomic E-state index is 11.5. The summed E-state index contributed by atoms with van der Waals surface area (Å²) in [7, 11) is 0. The monoisotopic (exact) mass is 237 g/mol. The smallest absolute Gasteiger partial charge is 0.310 e. The molecule has 1 aliphatic carbocycles. The largest absolute Gasteiger partial charge is 0.481 e. The summed E-state index contributed by atoms with van der Waals surface area (Å²) in [4.78, 5) is 11.5. The van der Waals surface area contributed by atoms with Crippen LogP contribution in [0.2, 0.25) is 0 Å². The Labute approximate surface area is 101 Å². The number of hydrogen-bond acceptors (Lipinski definition) is 3. The van der Waals surface area contributed by atoms with Gasteiger partial charge in [-0.25, -0.2) is 0 Å². The molecule has 0 bridgehead atoms. The first-order chi connectivity index (χ1) is 8.18. The van der Waals surface area contributed by atoms with Crippen molar-refractivity contribution in [2.24, 2.45) is 5.41 Å². The van der Waals surface area contributed by atoms with E-state index in [1.807, 2.05) is 4.57 Å². The molecule has 0 atom stereocenters. The van der Waals surface area contributed by atoms with E-state index in [9.17, 15) is 9.90 Å². The summed E-state index contributed by atoms with van der Waals surface area (Å²) in [6.45, 7) is 2.95. The van der Waals surface area contributed by atoms with Crippen molar-refractivity contribution in [3.05, 3.63) is 12.2 Å². The molecule has 1 aliphatic rings. The third-order valence-electron chi connectivity index (χ3n) is 3.67. The zero-order valence-electron chi connectivity index (χ0n) is 10.2. The molecule has 0 saturated heterocycles. The molecule has 1 heterocycles. The van der Waals surface area contributed by atoms with Crippen LogP contribution in [-0.4, -0.2) is 25.8 Å². The number of hydrogen-bond donors (Lipinski definition) is 1. The average Bonchev–Trinajstić information content (AvgIpc) is 2.91. The molecular formula is C12H19N3O2. The van der Waals surface area contributed by atoms with Gasteiger partial charge in [0.25, 0.3) is 0 Å². The van der Waals surface area contributed by atoms with Crippen LogP contribution in [0.1, 0.15) is 44.9 Å². The quantitative estimate of drug-likeness (QED) is 0.849. The first-order valence-electron chi connectivity index (χ1n) is 6.28. The Morgan fingerprint density at radius 2 is 2.24 bits per heavy atom. The molecule has 1 saturated carbocycles. The van der Waals surface area contributed by atoms with Crippen molar-refractivity contribution in [3.8, 4) is 0 Å². The van der Waals surface area contributed by atoms with Crippen LogP contribution in [0.3, 0.4) is 0 Å². The van der Waals surface area contributed by atoms with Crippen molar-refractivity contribution >= 4 is 5.97 Å². The van der Waals surface area contributed by atoms with E-state index in [-0.39, 0.29) is 0 Å². The van der Waals surface area contributed by atoms with E-state index in [1.54, 1.807) is 6.33 Å². The lowest BCUT2D eigenvalue weighted by Gasteiger charge is -2.23. The van der Waals surface area contributed by atoms with Gasteiger partial charge in [-0.15, -0.1) is 10.2 Å². The predicted octanol–water partition coefficient (Wildman–Crippen LogP) is 1.88. The van der Waals surface area contributed by atoms with Gasteiger partial charge in [0.2, 0.25) is 0 Å². The number of carboxylic acids is 1. The molecule has 5 heteroatoms. The van der Waals surface area contributed by atoms with Gasteiger partial charge < -0.3 is 9.67 Å². The maximum Gasteiger partial charge on any atom is 0.310 e. The molecule has 5 nitrogen and oxygen atoms in total. The van der Waals surface area contributed by atoms with Gasteiger partial charge in [-0.2, -0.15) is 0 Å². The molecule has 2 rings (SSSR count). The average molecular weight is 237 g/mol. The summed E-state index contributed by atoms with van der Waals surface area (Å²) in [5.74, 6) is 0.136. The maximum absolute atomic E-state index is 11.5. The van der Waals surface area contributed by atoms with Crippen LogP contribution in [0.4, 0.5) is 0 Å². The Morgan fingerprint density at radius 1 is 1.53 bits per heavy atom. The van der Waals surface area contributed by atoms with E-state index in [0.717, 1.165) is 44.5 Å². The highest BCUT2D eigenvalue weighted by Crippen LogP contribution is 2.40. The number of carboxylic acid groups (broad SMARTS) is 1. The molecule has 0 spiro atoms. The van der Waals surface area contributed by atoms with E-state index >= 15 is 0 Å². The molecule has 0 aromatic carbocycles. The van der Waals surface area contributed by atoms with Crippen LogP contribution in [0.25, 0.3) is 0 Å². The minimum Gasteiger partial charge on any atom is -0.481 e. The molecule has 17 heavy (non-hydrogen) atoms. The van der Waals surface area contributed by atoms with E-state index in [4.69, 9.17) is 0 Å². The van der Waals surface area contributed by atoms with Crippen molar-refractivity contribution in [1.82, 2.24) is 14.8 Å². The first kappa shape index (κ1) is 12.1. The van der Waals surface area contributed by atoms with Crippen LogP contribution in [0, 0.1) is 5.41 Å². The Kier molecular flexibility index (Phi) is 3.45. The molecule has 0 radical (unpaired) electrons. The second-order valence-electron chi connectivity index (χ2n) is 4.91. The number of aromatic nitrogens is 3. The van der Waals surface area contributed by atoms with Crippen molar-refractivity contribution in [3.63, 3.8) is 0 Å². The zero-order chi connectivity index (χ0) is 12.3. The van der Waals surface area contributed by atoms with Crippen LogP contribution in [-0.2, 0) is 17.8 Å². The van der Waals surface area contributed by atoms with Gasteiger partial charge in [0, 0.05) is 13.0 Å². The Balaban J connectivity index is 2.17. The van der Waals surface area contributed by atoms with E-state index < -0.39 is 11.4 Å². The van der Waals surface area contributed by atoms with E-state index in [1.165, 1.54) is 0 Å². The molecule has 1 aromatic rings. The molecule has 0 aliphatic heterocycles. The lowest BCUT2D eigenvalue weighted by Crippen LogP contribution is -2.31. The molecule has 94 valence electrons. The summed E-state index contributed by atoms with van der Waals surface area (Å²) < 4.78 is 1.98. The third-order valence-corrected chi connectivity index (χ3v) is 3.67. The predicted molar refractivity (Wildman–Crippen MR) is 62.6 cm³/mol. The summed E-state index contributed by atoms with van der Waals surface area (Å²) in [5.41, 5.74) is -0.599. The highest BCUT2D eigenvalue weighted by molar-refractivity contribution is 5.75. The molecule has 0 amide bonds. The van der Waals surface area contributed by atoms with E-state index in [2.05, 4.69) is 17.1 Å². The van der Waals surface area contributed by atoms with Gasteiger partial charge in [0.15, 0.2) is 0 Å². The van der Waals surface area contributed by atoms with Gasteiger partial charge in [0.05, 0.1) is 5.41 Å². The van der Waals surface area contributed by atoms with Crippen LogP contribution in [0.5, 0.6) is 0 Å². The molecule has 1 fully saturated rings. The molecule has 1 N–H and O–H groups in total. The zero-order valence-corrected chi connectivity index (χ0v) is 10.2. The van der Waals surface area contributed by atoms with Crippen molar-refractivity contribution in [2.45, 2.75) is 52.0 Å². The van der Waals surface area contributed by atoms with Crippen LogP contribution < -0.4 is 0 Å². The normalized spacial score (nSPS) is 18.4. The summed E-state index contributed by atoms with van der Waals surface area (Å²) in [6, 6.07) is 0. The number of nitrogens with zero attached hydrogens (tertiary/aromatic N) is 3. The van der Waals surface area contributed by atoms with Crippen molar-refractivity contribution in [2.75, 3.05) is 0 Å². The lowest BCUT2D eigenvalue weighted by molar-refractivity contribution is -0.148. The Bertz CT molecular complexity index is 394. The fourth-order valence-corrected chi connectivity index (χ4v) is 2.66. The summed E-state index contributed by atoms with van der Waals surface area (Å²) >= 11 is 0. The molecule has 0 unspecified atom stereocenters. The fourth-order valence-electron chi connectivity index (χ4n) is 2.66. The minimum absolute atomic E-state index is 0.516. The Morgan fingerprint density at radius 3 is 2.82 bits per heavy atom. The standard InChI is InChI=1S/C12H19N3O2/c1-2-7-15-9-13-14-10(15)8-12(11(16)17)5-3-4-6-12/h9H,2-8H2,1H3,(H,16,17). The highest BCUT2D eigenvalue weighted by Gasteiger charge is 2.42. The number of carbonyl (C=O) groups is 1. The second kappa shape index (κ2) is 4.85. The minimum atomic E-state index is -0.680.